The summed E-state index contributed by atoms with van der Waals surface area (Å²) in [5, 5.41) is 4.65. The van der Waals surface area contributed by atoms with Gasteiger partial charge >= 0.3 is 0 Å². The van der Waals surface area contributed by atoms with E-state index in [4.69, 9.17) is 0 Å². The summed E-state index contributed by atoms with van der Waals surface area (Å²) in [6.07, 6.45) is 0. The van der Waals surface area contributed by atoms with E-state index in [1.807, 2.05) is 5.51 Å². The number of hydrogen-bond acceptors (Lipinski definition) is 5. The second kappa shape index (κ2) is 5.25. The lowest BCUT2D eigenvalue weighted by Gasteiger charge is -2.12. The fourth-order valence-electron chi connectivity index (χ4n) is 1.79. The molecule has 0 spiro atoms. The van der Waals surface area contributed by atoms with Crippen molar-refractivity contribution in [3.05, 3.63) is 31.7 Å². The second-order valence-corrected chi connectivity index (χ2v) is 6.48. The monoisotopic (exact) mass is 267 g/mol. The molecule has 0 saturated carbocycles. The van der Waals surface area contributed by atoms with Crippen LogP contribution in [0, 0.1) is 20.8 Å². The Morgan fingerprint density at radius 1 is 1.35 bits per heavy atom. The number of nitrogens with one attached hydrogen (secondary N) is 1. The first-order valence-electron chi connectivity index (χ1n) is 5.64. The first-order chi connectivity index (χ1) is 8.08. The molecule has 17 heavy (non-hydrogen) atoms. The van der Waals surface area contributed by atoms with Crippen LogP contribution < -0.4 is 5.32 Å². The largest absolute Gasteiger partial charge is 0.304 e. The summed E-state index contributed by atoms with van der Waals surface area (Å²) in [6.45, 7) is 9.28. The zero-order valence-electron chi connectivity index (χ0n) is 10.6. The average molecular weight is 267 g/mol. The number of nitrogens with zero attached hydrogens (tertiary/aromatic N) is 2. The van der Waals surface area contributed by atoms with Gasteiger partial charge < -0.3 is 5.32 Å². The van der Waals surface area contributed by atoms with Gasteiger partial charge in [0.2, 0.25) is 0 Å². The third-order valence-corrected chi connectivity index (χ3v) is 4.60. The summed E-state index contributed by atoms with van der Waals surface area (Å²) < 4.78 is 0. The Morgan fingerprint density at radius 3 is 2.65 bits per heavy atom. The number of hydrogen-bond donors (Lipinski definition) is 1. The van der Waals surface area contributed by atoms with Crippen LogP contribution in [0.2, 0.25) is 0 Å². The molecule has 0 aromatic carbocycles. The SMILES string of the molecule is Cc1nc(C(C)NCc2scnc2C)c(C)s1. The van der Waals surface area contributed by atoms with E-state index in [0.29, 0.717) is 6.04 Å². The van der Waals surface area contributed by atoms with Crippen molar-refractivity contribution in [2.45, 2.75) is 40.3 Å². The van der Waals surface area contributed by atoms with Crippen molar-refractivity contribution in [2.75, 3.05) is 0 Å². The molecule has 0 aliphatic heterocycles. The maximum absolute atomic E-state index is 4.58. The lowest BCUT2D eigenvalue weighted by atomic mass is 10.2. The van der Waals surface area contributed by atoms with Gasteiger partial charge in [0.05, 0.1) is 21.9 Å². The van der Waals surface area contributed by atoms with E-state index in [2.05, 4.69) is 43.0 Å². The highest BCUT2D eigenvalue weighted by Gasteiger charge is 2.13. The van der Waals surface area contributed by atoms with Crippen LogP contribution in [-0.4, -0.2) is 9.97 Å². The van der Waals surface area contributed by atoms with E-state index in [1.54, 1.807) is 22.7 Å². The first kappa shape index (κ1) is 12.7. The fourth-order valence-corrected chi connectivity index (χ4v) is 3.43. The van der Waals surface area contributed by atoms with E-state index in [-0.39, 0.29) is 0 Å². The Kier molecular flexibility index (Phi) is 3.91. The van der Waals surface area contributed by atoms with Crippen molar-refractivity contribution in [2.24, 2.45) is 0 Å². The number of rotatable bonds is 4. The molecule has 1 atom stereocenters. The topological polar surface area (TPSA) is 37.8 Å². The maximum Gasteiger partial charge on any atom is 0.0900 e. The first-order valence-corrected chi connectivity index (χ1v) is 7.34. The predicted molar refractivity (Wildman–Crippen MR) is 73.7 cm³/mol. The fraction of sp³-hybridized carbons (Fsp3) is 0.500. The van der Waals surface area contributed by atoms with Gasteiger partial charge in [-0.25, -0.2) is 9.97 Å². The Morgan fingerprint density at radius 2 is 2.12 bits per heavy atom. The zero-order chi connectivity index (χ0) is 12.4. The molecule has 2 heterocycles. The van der Waals surface area contributed by atoms with Crippen LogP contribution in [0.1, 0.15) is 39.1 Å². The van der Waals surface area contributed by atoms with Gasteiger partial charge in [-0.2, -0.15) is 0 Å². The highest BCUT2D eigenvalue weighted by atomic mass is 32.1. The number of thiazole rings is 2. The predicted octanol–water partition coefficient (Wildman–Crippen LogP) is 3.38. The Bertz CT molecular complexity index is 502. The van der Waals surface area contributed by atoms with E-state index in [9.17, 15) is 0 Å². The molecule has 0 radical (unpaired) electrons. The van der Waals surface area contributed by atoms with Gasteiger partial charge in [-0.3, -0.25) is 0 Å². The molecule has 2 rings (SSSR count). The molecule has 5 heteroatoms. The van der Waals surface area contributed by atoms with Crippen molar-refractivity contribution in [1.29, 1.82) is 0 Å². The average Bonchev–Trinajstić information content (AvgIpc) is 2.81. The van der Waals surface area contributed by atoms with E-state index in [0.717, 1.165) is 17.2 Å². The van der Waals surface area contributed by atoms with Crippen molar-refractivity contribution in [3.8, 4) is 0 Å². The minimum Gasteiger partial charge on any atom is -0.304 e. The third-order valence-electron chi connectivity index (χ3n) is 2.76. The highest BCUT2D eigenvalue weighted by Crippen LogP contribution is 2.23. The Hall–Kier alpha value is -0.780. The lowest BCUT2D eigenvalue weighted by molar-refractivity contribution is 0.563. The summed E-state index contributed by atoms with van der Waals surface area (Å²) in [5.41, 5.74) is 4.20. The zero-order valence-corrected chi connectivity index (χ0v) is 12.2. The molecule has 0 amide bonds. The molecule has 0 bridgehead atoms. The van der Waals surface area contributed by atoms with Crippen molar-refractivity contribution < 1.29 is 0 Å². The summed E-state index contributed by atoms with van der Waals surface area (Å²) in [7, 11) is 0. The molecule has 2 aromatic rings. The van der Waals surface area contributed by atoms with Crippen LogP contribution in [0.4, 0.5) is 0 Å². The van der Waals surface area contributed by atoms with Gasteiger partial charge in [-0.1, -0.05) is 0 Å². The molecule has 1 unspecified atom stereocenters. The number of aromatic nitrogens is 2. The van der Waals surface area contributed by atoms with Crippen LogP contribution in [0.5, 0.6) is 0 Å². The van der Waals surface area contributed by atoms with Crippen LogP contribution in [-0.2, 0) is 6.54 Å². The summed E-state index contributed by atoms with van der Waals surface area (Å²) in [6, 6.07) is 0.293. The molecule has 0 saturated heterocycles. The van der Waals surface area contributed by atoms with Gasteiger partial charge in [-0.05, 0) is 27.7 Å². The van der Waals surface area contributed by atoms with E-state index in [1.165, 1.54) is 15.4 Å². The van der Waals surface area contributed by atoms with Crippen molar-refractivity contribution in [1.82, 2.24) is 15.3 Å². The Labute approximate surface area is 110 Å². The Balaban J connectivity index is 2.00. The molecular formula is C12H17N3S2. The summed E-state index contributed by atoms with van der Waals surface area (Å²) in [5.74, 6) is 0. The van der Waals surface area contributed by atoms with Gasteiger partial charge in [0.15, 0.2) is 0 Å². The summed E-state index contributed by atoms with van der Waals surface area (Å²) >= 11 is 3.47. The quantitative estimate of drug-likeness (QED) is 0.923. The molecule has 1 N–H and O–H groups in total. The third kappa shape index (κ3) is 2.91. The van der Waals surface area contributed by atoms with Crippen molar-refractivity contribution in [3.63, 3.8) is 0 Å². The lowest BCUT2D eigenvalue weighted by Crippen LogP contribution is -2.19. The molecule has 92 valence electrons. The minimum absolute atomic E-state index is 0.293. The van der Waals surface area contributed by atoms with E-state index < -0.39 is 0 Å². The molecule has 2 aromatic heterocycles. The maximum atomic E-state index is 4.58. The van der Waals surface area contributed by atoms with E-state index >= 15 is 0 Å². The second-order valence-electron chi connectivity index (χ2n) is 4.14. The molecular weight excluding hydrogens is 250 g/mol. The van der Waals surface area contributed by atoms with Crippen LogP contribution in [0.15, 0.2) is 5.51 Å². The van der Waals surface area contributed by atoms with Crippen LogP contribution >= 0.6 is 22.7 Å². The molecule has 0 aliphatic rings. The van der Waals surface area contributed by atoms with Gasteiger partial charge in [0.25, 0.3) is 0 Å². The molecule has 0 aliphatic carbocycles. The number of aryl methyl sites for hydroxylation is 3. The van der Waals surface area contributed by atoms with Gasteiger partial charge in [0, 0.05) is 22.3 Å². The molecule has 3 nitrogen and oxygen atoms in total. The smallest absolute Gasteiger partial charge is 0.0900 e. The van der Waals surface area contributed by atoms with Crippen LogP contribution in [0.25, 0.3) is 0 Å². The normalized spacial score (nSPS) is 12.9. The standard InChI is InChI=1S/C12H17N3S2/c1-7-11(16-6-14-7)5-13-8(2)12-9(3)17-10(4)15-12/h6,8,13H,5H2,1-4H3. The molecule has 0 fully saturated rings. The van der Waals surface area contributed by atoms with Crippen LogP contribution in [0.3, 0.4) is 0 Å². The van der Waals surface area contributed by atoms with Gasteiger partial charge in [-0.15, -0.1) is 22.7 Å². The minimum atomic E-state index is 0.293. The summed E-state index contributed by atoms with van der Waals surface area (Å²) in [4.78, 5) is 11.4. The highest BCUT2D eigenvalue weighted by molar-refractivity contribution is 7.11. The van der Waals surface area contributed by atoms with Gasteiger partial charge in [0.1, 0.15) is 0 Å². The van der Waals surface area contributed by atoms with Crippen molar-refractivity contribution >= 4 is 22.7 Å².